The van der Waals surface area contributed by atoms with Crippen LogP contribution in [0.25, 0.3) is 0 Å². The highest BCUT2D eigenvalue weighted by Crippen LogP contribution is 2.46. The van der Waals surface area contributed by atoms with Gasteiger partial charge in [0.2, 0.25) is 0 Å². The highest BCUT2D eigenvalue weighted by atomic mass is 35.5. The second-order valence-corrected chi connectivity index (χ2v) is 8.46. The van der Waals surface area contributed by atoms with Gasteiger partial charge in [-0.2, -0.15) is 0 Å². The van der Waals surface area contributed by atoms with E-state index in [0.717, 1.165) is 23.5 Å². The Bertz CT molecular complexity index is 1030. The monoisotopic (exact) mass is 397 g/mol. The van der Waals surface area contributed by atoms with Crippen LogP contribution in [0.1, 0.15) is 38.3 Å². The van der Waals surface area contributed by atoms with Crippen molar-refractivity contribution in [2.24, 2.45) is 5.41 Å². The zero-order chi connectivity index (χ0) is 20.1. The molecule has 1 heterocycles. The molecule has 2 N–H and O–H groups in total. The molecule has 4 rings (SSSR count). The largest absolute Gasteiger partial charge is 0.372 e. The Morgan fingerprint density at radius 1 is 1.14 bits per heavy atom. The minimum absolute atomic E-state index is 0.0432. The summed E-state index contributed by atoms with van der Waals surface area (Å²) in [5.41, 5.74) is 3.52. The van der Waals surface area contributed by atoms with Gasteiger partial charge in [-0.25, -0.2) is 0 Å². The molecule has 0 saturated heterocycles. The first-order chi connectivity index (χ1) is 13.2. The molecule has 28 heavy (non-hydrogen) atoms. The van der Waals surface area contributed by atoms with E-state index in [0.29, 0.717) is 17.6 Å². The van der Waals surface area contributed by atoms with Crippen LogP contribution in [-0.4, -0.2) is 10.7 Å². The minimum Gasteiger partial charge on any atom is -0.372 e. The molecule has 144 valence electrons. The van der Waals surface area contributed by atoms with Crippen molar-refractivity contribution in [3.05, 3.63) is 74.4 Å². The van der Waals surface area contributed by atoms with E-state index in [2.05, 4.69) is 24.5 Å². The Morgan fingerprint density at radius 3 is 2.57 bits per heavy atom. The van der Waals surface area contributed by atoms with Crippen molar-refractivity contribution in [1.82, 2.24) is 0 Å². The van der Waals surface area contributed by atoms with E-state index < -0.39 is 11.0 Å². The molecule has 0 unspecified atom stereocenters. The molecular weight excluding hydrogens is 378 g/mol. The van der Waals surface area contributed by atoms with Crippen LogP contribution in [0.15, 0.2) is 53.7 Å². The Morgan fingerprint density at radius 2 is 1.86 bits per heavy atom. The second-order valence-electron chi connectivity index (χ2n) is 8.05. The highest BCUT2D eigenvalue weighted by Gasteiger charge is 2.39. The van der Waals surface area contributed by atoms with Gasteiger partial charge in [-0.3, -0.25) is 14.9 Å². The van der Waals surface area contributed by atoms with Gasteiger partial charge in [0.15, 0.2) is 5.78 Å². The van der Waals surface area contributed by atoms with E-state index in [-0.39, 0.29) is 21.9 Å². The summed E-state index contributed by atoms with van der Waals surface area (Å²) >= 11 is 5.99. The lowest BCUT2D eigenvalue weighted by molar-refractivity contribution is -0.384. The molecule has 2 aromatic carbocycles. The topological polar surface area (TPSA) is 84.3 Å². The fraction of sp³-hybridized carbons (Fsp3) is 0.286. The van der Waals surface area contributed by atoms with Crippen LogP contribution in [0.2, 0.25) is 5.02 Å². The first-order valence-corrected chi connectivity index (χ1v) is 9.46. The number of rotatable bonds is 2. The van der Waals surface area contributed by atoms with Crippen molar-refractivity contribution < 1.29 is 9.72 Å². The van der Waals surface area contributed by atoms with Crippen LogP contribution >= 0.6 is 11.6 Å². The predicted octanol–water partition coefficient (Wildman–Crippen LogP) is 5.47. The fourth-order valence-electron chi connectivity index (χ4n) is 3.99. The van der Waals surface area contributed by atoms with Gasteiger partial charge < -0.3 is 10.6 Å². The normalized spacial score (nSPS) is 20.4. The summed E-state index contributed by atoms with van der Waals surface area (Å²) < 4.78 is 0. The van der Waals surface area contributed by atoms with E-state index >= 15 is 0 Å². The summed E-state index contributed by atoms with van der Waals surface area (Å²) in [5.74, 6) is 0.0432. The standard InChI is InChI=1S/C21H20ClN3O3/c1-21(2)10-16-19(18(26)11-21)20(24-15-6-4-3-5-14(15)23-16)12-7-8-13(22)17(9-12)25(27)28/h3-9,20,23-24H,10-11H2,1-2H3/t20-/m0/s1. The van der Waals surface area contributed by atoms with E-state index in [1.165, 1.54) is 12.1 Å². The van der Waals surface area contributed by atoms with Crippen LogP contribution in [0.5, 0.6) is 0 Å². The summed E-state index contributed by atoms with van der Waals surface area (Å²) in [6.07, 6.45) is 1.15. The summed E-state index contributed by atoms with van der Waals surface area (Å²) in [6.45, 7) is 4.14. The Labute approximate surface area is 167 Å². The number of nitro groups is 1. The second kappa shape index (κ2) is 6.63. The summed E-state index contributed by atoms with van der Waals surface area (Å²) in [6, 6.07) is 11.9. The number of allylic oxidation sites excluding steroid dienone is 1. The molecule has 0 radical (unpaired) electrons. The summed E-state index contributed by atoms with van der Waals surface area (Å²) in [5, 5.41) is 18.3. The molecule has 2 aromatic rings. The maximum atomic E-state index is 13.1. The average molecular weight is 398 g/mol. The molecule has 0 spiro atoms. The van der Waals surface area contributed by atoms with Gasteiger partial charge in [-0.1, -0.05) is 43.6 Å². The first-order valence-electron chi connectivity index (χ1n) is 9.08. The first kappa shape index (κ1) is 18.5. The van der Waals surface area contributed by atoms with Crippen molar-refractivity contribution >= 4 is 34.4 Å². The Hall–Kier alpha value is -2.86. The molecule has 7 heteroatoms. The van der Waals surface area contributed by atoms with E-state index in [4.69, 9.17) is 11.6 Å². The number of hydrogen-bond acceptors (Lipinski definition) is 5. The lowest BCUT2D eigenvalue weighted by Gasteiger charge is -2.34. The SMILES string of the molecule is CC1(C)CC(=O)C2=C(C1)Nc1ccccc1N[C@H]2c1ccc(Cl)c([N+](=O)[O-])c1. The van der Waals surface area contributed by atoms with Crippen LogP contribution in [-0.2, 0) is 4.79 Å². The number of ketones is 1. The number of nitrogens with zero attached hydrogens (tertiary/aromatic N) is 1. The number of carbonyl (C=O) groups excluding carboxylic acids is 1. The highest BCUT2D eigenvalue weighted by molar-refractivity contribution is 6.32. The van der Waals surface area contributed by atoms with Crippen molar-refractivity contribution in [3.8, 4) is 0 Å². The van der Waals surface area contributed by atoms with E-state index in [1.807, 2.05) is 24.3 Å². The number of nitro benzene ring substituents is 1. The molecule has 2 aliphatic rings. The third-order valence-electron chi connectivity index (χ3n) is 5.22. The van der Waals surface area contributed by atoms with Crippen molar-refractivity contribution in [2.45, 2.75) is 32.7 Å². The van der Waals surface area contributed by atoms with Gasteiger partial charge in [0, 0.05) is 23.8 Å². The molecule has 0 fully saturated rings. The number of fused-ring (bicyclic) bond motifs is 1. The van der Waals surface area contributed by atoms with Crippen LogP contribution in [0.4, 0.5) is 17.1 Å². The number of para-hydroxylation sites is 2. The third-order valence-corrected chi connectivity index (χ3v) is 5.54. The van der Waals surface area contributed by atoms with Crippen molar-refractivity contribution in [2.75, 3.05) is 10.6 Å². The third kappa shape index (κ3) is 3.24. The van der Waals surface area contributed by atoms with Crippen molar-refractivity contribution in [1.29, 1.82) is 0 Å². The maximum Gasteiger partial charge on any atom is 0.288 e. The molecule has 1 aliphatic carbocycles. The lowest BCUT2D eigenvalue weighted by Crippen LogP contribution is -2.31. The molecule has 0 saturated carbocycles. The number of nitrogens with one attached hydrogen (secondary N) is 2. The van der Waals surface area contributed by atoms with Crippen LogP contribution < -0.4 is 10.6 Å². The van der Waals surface area contributed by atoms with Crippen LogP contribution in [0, 0.1) is 15.5 Å². The molecule has 1 atom stereocenters. The predicted molar refractivity (Wildman–Crippen MR) is 110 cm³/mol. The van der Waals surface area contributed by atoms with Gasteiger partial charge in [-0.05, 0) is 35.6 Å². The summed E-state index contributed by atoms with van der Waals surface area (Å²) in [4.78, 5) is 24.0. The van der Waals surface area contributed by atoms with Gasteiger partial charge in [0.25, 0.3) is 5.69 Å². The lowest BCUT2D eigenvalue weighted by atomic mass is 9.73. The van der Waals surface area contributed by atoms with Gasteiger partial charge in [0.05, 0.1) is 22.3 Å². The minimum atomic E-state index is -0.504. The number of carbonyl (C=O) groups is 1. The van der Waals surface area contributed by atoms with Crippen molar-refractivity contribution in [3.63, 3.8) is 0 Å². The van der Waals surface area contributed by atoms with Gasteiger partial charge in [-0.15, -0.1) is 0 Å². The Kier molecular flexibility index (Phi) is 4.38. The average Bonchev–Trinajstić information content (AvgIpc) is 2.77. The molecule has 6 nitrogen and oxygen atoms in total. The molecule has 0 bridgehead atoms. The number of Topliss-reactive ketones (excluding diaryl/α,β-unsaturated/α-hetero) is 1. The zero-order valence-corrected chi connectivity index (χ0v) is 16.3. The molecule has 1 aliphatic heterocycles. The number of halogens is 1. The number of anilines is 2. The molecule has 0 aromatic heterocycles. The van der Waals surface area contributed by atoms with E-state index in [9.17, 15) is 14.9 Å². The number of hydrogen-bond donors (Lipinski definition) is 2. The van der Waals surface area contributed by atoms with Gasteiger partial charge >= 0.3 is 0 Å². The molecule has 0 amide bonds. The smallest absolute Gasteiger partial charge is 0.288 e. The Balaban J connectivity index is 1.90. The van der Waals surface area contributed by atoms with Gasteiger partial charge in [0.1, 0.15) is 5.02 Å². The number of benzene rings is 2. The maximum absolute atomic E-state index is 13.1. The van der Waals surface area contributed by atoms with Crippen LogP contribution in [0.3, 0.4) is 0 Å². The summed E-state index contributed by atoms with van der Waals surface area (Å²) in [7, 11) is 0. The van der Waals surface area contributed by atoms with E-state index in [1.54, 1.807) is 6.07 Å². The quantitative estimate of drug-likeness (QED) is 0.518. The fourth-order valence-corrected chi connectivity index (χ4v) is 4.18. The molecular formula is C21H20ClN3O3. The zero-order valence-electron chi connectivity index (χ0n) is 15.6.